The number of nitrogens with two attached hydrogens (primary N) is 4. The summed E-state index contributed by atoms with van der Waals surface area (Å²) in [5, 5.41) is 54.3. The van der Waals surface area contributed by atoms with Crippen LogP contribution in [0, 0.1) is 59.2 Å². The van der Waals surface area contributed by atoms with E-state index in [1.165, 1.54) is 0 Å². The van der Waals surface area contributed by atoms with E-state index < -0.39 is 30.2 Å². The summed E-state index contributed by atoms with van der Waals surface area (Å²) in [5.41, 5.74) is 29.5. The minimum atomic E-state index is -0.539. The summed E-state index contributed by atoms with van der Waals surface area (Å²) in [4.78, 5) is 107. The molecule has 668 valence electrons. The van der Waals surface area contributed by atoms with Gasteiger partial charge in [0.25, 0.3) is 0 Å². The molecule has 3 amide bonds. The zero-order valence-corrected chi connectivity index (χ0v) is 74.1. The average molecular weight is 1730 g/mol. The van der Waals surface area contributed by atoms with Crippen molar-refractivity contribution in [2.24, 2.45) is 12.9 Å². The van der Waals surface area contributed by atoms with E-state index in [9.17, 15) is 48.9 Å². The number of aliphatic hydroxyl groups excluding tert-OH is 3. The lowest BCUT2D eigenvalue weighted by Gasteiger charge is -2.21. The van der Waals surface area contributed by atoms with E-state index >= 15 is 0 Å². The van der Waals surface area contributed by atoms with Crippen LogP contribution in [-0.2, 0) is 31.1 Å². The standard InChI is InChI=1S/C36H43N5O5.C35H41N5O5.C30H33N5O2/c1-3-41(4-2)25-30(42)19-21-33(43)28-16-12-26(13-17-28)15-20-31-32-23-27(14-18-29(32)24-40-36(31)37)9-8-22-39-34(44)10-6-5-7-11-35(45)46-38;1-3-40(4-2)24-29(41)18-20-32(42)27-15-11-25(12-16-27)14-19-30-31-22-26(13-17-28(31)23-38-35(30)36)8-7-21-37-33(43)9-5-6-10-34(44)39-45;1-4-35(5-2)20-25(36)12-15-29(37)22-9-6-21(7-10-22)8-13-27-26-14-11-23(28-16-17-33-34(28)3)18-24(26)19-32-30(27)31/h12-14,16-18,23-24,30,42H,3-7,10-11,19,21-22,25,38H2,1-2H3,(H2,37,40)(H,39,44);11-13,15-17,22-23,29,41,45H,3-6,9-10,18,20-21,24H2,1-2H3,(H2,36,38)(H,37,43)(H,39,44);6-7,9-11,14,16-19,25,36H,4-5,12,15,20H2,1-3H3,(H2,31,32). The highest BCUT2D eigenvalue weighted by atomic mass is 16.7. The van der Waals surface area contributed by atoms with Crippen molar-refractivity contribution in [1.82, 2.24) is 55.5 Å². The predicted molar refractivity (Wildman–Crippen MR) is 502 cm³/mol. The minimum absolute atomic E-state index is 0.0162. The van der Waals surface area contributed by atoms with Crippen LogP contribution in [0.15, 0.2) is 158 Å². The van der Waals surface area contributed by atoms with E-state index in [4.69, 9.17) is 28.3 Å². The monoisotopic (exact) mass is 1730 g/mol. The highest BCUT2D eigenvalue weighted by Crippen LogP contribution is 2.29. The Kier molecular flexibility index (Phi) is 41.5. The molecule has 27 heteroatoms. The number of rotatable bonds is 38. The number of hydroxylamine groups is 1. The largest absolute Gasteiger partial charge is 0.392 e. The molecule has 3 unspecified atom stereocenters. The molecule has 4 heterocycles. The molecule has 0 spiro atoms. The quantitative estimate of drug-likeness (QED) is 0.00563. The molecule has 0 fully saturated rings. The van der Waals surface area contributed by atoms with Gasteiger partial charge in [0.05, 0.1) is 53.8 Å². The molecule has 0 aliphatic rings. The van der Waals surface area contributed by atoms with Crippen molar-refractivity contribution in [3.8, 4) is 70.5 Å². The van der Waals surface area contributed by atoms with Crippen molar-refractivity contribution < 1.29 is 58.9 Å². The Labute approximate surface area is 749 Å². The normalized spacial score (nSPS) is 11.4. The van der Waals surface area contributed by atoms with Crippen LogP contribution in [-0.4, -0.2) is 191 Å². The molecule has 6 aromatic carbocycles. The zero-order valence-electron chi connectivity index (χ0n) is 74.1. The number of hydrogen-bond acceptors (Lipinski definition) is 23. The van der Waals surface area contributed by atoms with E-state index in [1.54, 1.807) is 90.9 Å². The second kappa shape index (κ2) is 53.1. The molecule has 10 rings (SSSR count). The number of anilines is 3. The molecule has 4 aromatic heterocycles. The summed E-state index contributed by atoms with van der Waals surface area (Å²) in [7, 11) is 1.91. The lowest BCUT2D eigenvalue weighted by molar-refractivity contribution is -0.144. The molecule has 128 heavy (non-hydrogen) atoms. The summed E-state index contributed by atoms with van der Waals surface area (Å²) in [6, 6.07) is 40.8. The maximum Gasteiger partial charge on any atom is 0.324 e. The van der Waals surface area contributed by atoms with E-state index in [0.29, 0.717) is 134 Å². The number of nitrogens with one attached hydrogen (secondary N) is 3. The molecule has 0 saturated heterocycles. The molecule has 10 aromatic rings. The van der Waals surface area contributed by atoms with Gasteiger partial charge in [-0.15, -0.1) is 0 Å². The number of aromatic nitrogens is 5. The van der Waals surface area contributed by atoms with Gasteiger partial charge in [0.2, 0.25) is 17.7 Å². The number of benzene rings is 6. The average Bonchev–Trinajstić information content (AvgIpc) is 0.986. The highest BCUT2D eigenvalue weighted by Gasteiger charge is 2.19. The number of likely N-dealkylation sites (N-methyl/N-ethyl adjacent to an activating group) is 3. The fraction of sp³-hybridized carbons (Fsp3) is 0.356. The summed E-state index contributed by atoms with van der Waals surface area (Å²) in [6.45, 7) is 19.6. The first kappa shape index (κ1) is 99.9. The van der Waals surface area contributed by atoms with Crippen molar-refractivity contribution in [3.05, 3.63) is 219 Å². The maximum absolute atomic E-state index is 12.7. The fourth-order valence-electron chi connectivity index (χ4n) is 13.8. The molecular weight excluding hydrogens is 1620 g/mol. The van der Waals surface area contributed by atoms with Crippen LogP contribution in [0.5, 0.6) is 0 Å². The zero-order chi connectivity index (χ0) is 92.3. The molecule has 0 radical (unpaired) electrons. The van der Waals surface area contributed by atoms with Crippen molar-refractivity contribution >= 4 is 90.8 Å². The first-order valence-electron chi connectivity index (χ1n) is 43.4. The number of carbonyl (C=O) groups is 7. The third kappa shape index (κ3) is 32.5. The number of carbonyl (C=O) groups excluding carboxylic acids is 7. The molecule has 3 atom stereocenters. The van der Waals surface area contributed by atoms with Crippen molar-refractivity contribution in [2.75, 3.05) is 89.2 Å². The van der Waals surface area contributed by atoms with Crippen LogP contribution in [0.1, 0.15) is 213 Å². The second-order valence-corrected chi connectivity index (χ2v) is 30.5. The van der Waals surface area contributed by atoms with E-state index in [2.05, 4.69) is 143 Å². The van der Waals surface area contributed by atoms with Crippen LogP contribution in [0.25, 0.3) is 43.6 Å². The second-order valence-electron chi connectivity index (χ2n) is 30.5. The van der Waals surface area contributed by atoms with Crippen molar-refractivity contribution in [3.63, 3.8) is 0 Å². The molecular formula is C101H117N15O12. The Balaban J connectivity index is 0.000000239. The van der Waals surface area contributed by atoms with Gasteiger partial charge in [-0.2, -0.15) is 11.0 Å². The Morgan fingerprint density at radius 3 is 1.14 bits per heavy atom. The maximum atomic E-state index is 12.7. The fourth-order valence-corrected chi connectivity index (χ4v) is 13.8. The Morgan fingerprint density at radius 1 is 0.414 bits per heavy atom. The molecule has 0 saturated carbocycles. The Hall–Kier alpha value is -13.5. The molecule has 15 N–H and O–H groups in total. The van der Waals surface area contributed by atoms with Gasteiger partial charge in [0.15, 0.2) is 17.3 Å². The number of aryl methyl sites for hydroxylation is 1. The van der Waals surface area contributed by atoms with Gasteiger partial charge in [0.1, 0.15) is 17.5 Å². The third-order valence-electron chi connectivity index (χ3n) is 21.5. The molecule has 0 aliphatic carbocycles. The molecule has 0 bridgehead atoms. The smallest absolute Gasteiger partial charge is 0.324 e. The van der Waals surface area contributed by atoms with Gasteiger partial charge in [-0.25, -0.2) is 20.4 Å². The Bertz CT molecular complexity index is 5770. The summed E-state index contributed by atoms with van der Waals surface area (Å²) >= 11 is 0. The predicted octanol–water partition coefficient (Wildman–Crippen LogP) is 11.4. The number of unbranched alkanes of at least 4 members (excludes halogenated alkanes) is 3. The number of pyridine rings is 3. The van der Waals surface area contributed by atoms with Crippen LogP contribution < -0.4 is 39.2 Å². The van der Waals surface area contributed by atoms with Crippen LogP contribution in [0.3, 0.4) is 0 Å². The number of ketones is 3. The van der Waals surface area contributed by atoms with Crippen molar-refractivity contribution in [2.45, 2.75) is 156 Å². The SMILES string of the molecule is CCN(CC)CC(O)CCC(=O)c1ccc(C#Cc2c(N)ncc3cc(-c4ccnn4C)ccc23)cc1.CCN(CC)CC(O)CCC(=O)c1ccc(C#Cc2c(N)ncc3ccc(C#CCNC(=O)CCCCC(=O)NO)cc23)cc1.CCN(CC)CC(O)CCC(=O)c1ccc(C#Cc2c(N)ncc3ccc(C#CCNC(=O)CCCCCC(=O)ON)cc23)cc1. The van der Waals surface area contributed by atoms with Crippen LogP contribution in [0.2, 0.25) is 0 Å². The van der Waals surface area contributed by atoms with Gasteiger partial charge in [0, 0.05) is 179 Å². The lowest BCUT2D eigenvalue weighted by Crippen LogP contribution is -2.32. The van der Waals surface area contributed by atoms with Gasteiger partial charge < -0.3 is 62.7 Å². The topological polar surface area (TPSA) is 416 Å². The van der Waals surface area contributed by atoms with E-state index in [0.717, 1.165) is 112 Å². The van der Waals surface area contributed by atoms with Gasteiger partial charge >= 0.3 is 5.97 Å². The van der Waals surface area contributed by atoms with Gasteiger partial charge in [-0.1, -0.05) is 168 Å². The van der Waals surface area contributed by atoms with Gasteiger partial charge in [-0.3, -0.25) is 43.5 Å². The number of nitrogen functional groups attached to an aromatic ring is 3. The molecule has 0 aliphatic heterocycles. The van der Waals surface area contributed by atoms with E-state index in [1.807, 2.05) is 92.3 Å². The number of fused-ring (bicyclic) bond motifs is 3. The number of amides is 3. The van der Waals surface area contributed by atoms with Crippen LogP contribution >= 0.6 is 0 Å². The summed E-state index contributed by atoms with van der Waals surface area (Å²) in [5.74, 6) is 35.4. The summed E-state index contributed by atoms with van der Waals surface area (Å²) in [6.07, 6.45) is 11.5. The first-order chi connectivity index (χ1) is 61.9. The number of Topliss-reactive ketones (excluding diaryl/α,β-unsaturated/α-hetero) is 3. The highest BCUT2D eigenvalue weighted by molar-refractivity contribution is 5.99. The lowest BCUT2D eigenvalue weighted by atomic mass is 10.0. The number of nitrogens with zero attached hydrogens (tertiary/aromatic N) is 8. The summed E-state index contributed by atoms with van der Waals surface area (Å²) < 4.78 is 1.83. The number of aliphatic hydroxyl groups is 3. The third-order valence-corrected chi connectivity index (χ3v) is 21.5. The van der Waals surface area contributed by atoms with Gasteiger partial charge in [-0.05, 0) is 157 Å². The molecule has 27 nitrogen and oxygen atoms in total. The van der Waals surface area contributed by atoms with Crippen molar-refractivity contribution in [1.29, 1.82) is 0 Å². The Morgan fingerprint density at radius 2 is 0.773 bits per heavy atom. The van der Waals surface area contributed by atoms with E-state index in [-0.39, 0.29) is 74.4 Å². The number of hydrogen-bond donors (Lipinski definition) is 11. The first-order valence-corrected chi connectivity index (χ1v) is 43.4. The van der Waals surface area contributed by atoms with Crippen LogP contribution in [0.4, 0.5) is 17.5 Å². The minimum Gasteiger partial charge on any atom is -0.392 e.